The fourth-order valence-electron chi connectivity index (χ4n) is 2.19. The van der Waals surface area contributed by atoms with Gasteiger partial charge in [0.1, 0.15) is 0 Å². The summed E-state index contributed by atoms with van der Waals surface area (Å²) < 4.78 is 0. The summed E-state index contributed by atoms with van der Waals surface area (Å²) in [7, 11) is 0. The smallest absolute Gasteiger partial charge is 0.0314 e. The maximum Gasteiger partial charge on any atom is 0.0314 e. The molecule has 0 saturated heterocycles. The van der Waals surface area contributed by atoms with Crippen molar-refractivity contribution in [3.63, 3.8) is 0 Å². The van der Waals surface area contributed by atoms with E-state index in [1.165, 1.54) is 11.1 Å². The normalized spacial score (nSPS) is 12.3. The molecule has 1 atom stereocenters. The molecule has 2 aromatic carbocycles. The lowest BCUT2D eigenvalue weighted by molar-refractivity contribution is 0.548. The van der Waals surface area contributed by atoms with Gasteiger partial charge >= 0.3 is 0 Å². The summed E-state index contributed by atoms with van der Waals surface area (Å²) in [6.07, 6.45) is 2.11. The zero-order chi connectivity index (χ0) is 13.5. The lowest BCUT2D eigenvalue weighted by atomic mass is 10.1. The predicted molar refractivity (Wildman–Crippen MR) is 82.2 cm³/mol. The Morgan fingerprint density at radius 1 is 0.947 bits per heavy atom. The number of hydrogen-bond acceptors (Lipinski definition) is 2. The molecule has 2 aromatic rings. The lowest BCUT2D eigenvalue weighted by Crippen LogP contribution is -2.29. The van der Waals surface area contributed by atoms with E-state index in [0.717, 1.165) is 25.1 Å². The first-order chi connectivity index (χ1) is 9.24. The van der Waals surface area contributed by atoms with Crippen molar-refractivity contribution in [3.8, 4) is 0 Å². The van der Waals surface area contributed by atoms with Crippen LogP contribution in [0.1, 0.15) is 18.1 Å². The van der Waals surface area contributed by atoms with E-state index in [4.69, 9.17) is 5.73 Å². The molecule has 100 valence electrons. The van der Waals surface area contributed by atoms with Crippen molar-refractivity contribution in [2.24, 2.45) is 0 Å². The first-order valence-corrected chi connectivity index (χ1v) is 6.86. The predicted octanol–water partition coefficient (Wildman–Crippen LogP) is 3.03. The Labute approximate surface area is 115 Å². The van der Waals surface area contributed by atoms with Gasteiger partial charge in [0, 0.05) is 11.7 Å². The number of hydrogen-bond donors (Lipinski definition) is 2. The highest BCUT2D eigenvalue weighted by atomic mass is 14.9. The van der Waals surface area contributed by atoms with E-state index < -0.39 is 0 Å². The highest BCUT2D eigenvalue weighted by Gasteiger charge is 2.02. The average Bonchev–Trinajstić information content (AvgIpc) is 2.42. The van der Waals surface area contributed by atoms with E-state index in [-0.39, 0.29) is 0 Å². The molecule has 3 N–H and O–H groups in total. The van der Waals surface area contributed by atoms with Crippen molar-refractivity contribution < 1.29 is 0 Å². The third kappa shape index (κ3) is 4.76. The van der Waals surface area contributed by atoms with Gasteiger partial charge in [0.15, 0.2) is 0 Å². The molecule has 0 aliphatic carbocycles. The van der Waals surface area contributed by atoms with Gasteiger partial charge in [-0.1, -0.05) is 42.5 Å². The van der Waals surface area contributed by atoms with Crippen molar-refractivity contribution in [2.45, 2.75) is 25.8 Å². The Balaban J connectivity index is 1.72. The van der Waals surface area contributed by atoms with Gasteiger partial charge in [0.2, 0.25) is 0 Å². The second kappa shape index (κ2) is 6.95. The third-order valence-electron chi connectivity index (χ3n) is 3.27. The van der Waals surface area contributed by atoms with Crippen molar-refractivity contribution in [3.05, 3.63) is 65.7 Å². The van der Waals surface area contributed by atoms with Crippen LogP contribution in [0.15, 0.2) is 54.6 Å². The van der Waals surface area contributed by atoms with Gasteiger partial charge in [-0.15, -0.1) is 0 Å². The Kier molecular flexibility index (Phi) is 4.99. The fourth-order valence-corrected chi connectivity index (χ4v) is 2.19. The second-order valence-electron chi connectivity index (χ2n) is 5.04. The Bertz CT molecular complexity index is 476. The standard InChI is InChI=1S/C17H22N2/c1-14(13-16-5-3-2-4-6-16)19-12-11-15-7-9-17(18)10-8-15/h2-10,14,19H,11-13,18H2,1H3/t14-/m1/s1. The highest BCUT2D eigenvalue weighted by Crippen LogP contribution is 2.06. The van der Waals surface area contributed by atoms with E-state index in [0.29, 0.717) is 6.04 Å². The lowest BCUT2D eigenvalue weighted by Gasteiger charge is -2.14. The van der Waals surface area contributed by atoms with Gasteiger partial charge in [-0.3, -0.25) is 0 Å². The topological polar surface area (TPSA) is 38.0 Å². The number of anilines is 1. The van der Waals surface area contributed by atoms with E-state index >= 15 is 0 Å². The van der Waals surface area contributed by atoms with Crippen LogP contribution >= 0.6 is 0 Å². The van der Waals surface area contributed by atoms with Crippen LogP contribution in [0.4, 0.5) is 5.69 Å². The minimum atomic E-state index is 0.496. The van der Waals surface area contributed by atoms with Crippen LogP contribution in [0.3, 0.4) is 0 Å². The fraction of sp³-hybridized carbons (Fsp3) is 0.294. The summed E-state index contributed by atoms with van der Waals surface area (Å²) in [4.78, 5) is 0. The van der Waals surface area contributed by atoms with Crippen molar-refractivity contribution in [2.75, 3.05) is 12.3 Å². The van der Waals surface area contributed by atoms with Crippen LogP contribution in [0.25, 0.3) is 0 Å². The SMILES string of the molecule is C[C@H](Cc1ccccc1)NCCc1ccc(N)cc1. The van der Waals surface area contributed by atoms with Gasteiger partial charge in [-0.05, 0) is 49.6 Å². The number of nitrogens with two attached hydrogens (primary N) is 1. The minimum Gasteiger partial charge on any atom is -0.399 e. The molecule has 0 saturated carbocycles. The first-order valence-electron chi connectivity index (χ1n) is 6.86. The van der Waals surface area contributed by atoms with Crippen LogP contribution in [-0.4, -0.2) is 12.6 Å². The molecular formula is C17H22N2. The molecule has 0 amide bonds. The molecule has 0 heterocycles. The average molecular weight is 254 g/mol. The van der Waals surface area contributed by atoms with Gasteiger partial charge < -0.3 is 11.1 Å². The van der Waals surface area contributed by atoms with E-state index in [2.05, 4.69) is 54.7 Å². The summed E-state index contributed by atoms with van der Waals surface area (Å²) >= 11 is 0. The first kappa shape index (κ1) is 13.6. The second-order valence-corrected chi connectivity index (χ2v) is 5.04. The van der Waals surface area contributed by atoms with Crippen LogP contribution in [0, 0.1) is 0 Å². The van der Waals surface area contributed by atoms with Crippen molar-refractivity contribution in [1.29, 1.82) is 0 Å². The molecule has 19 heavy (non-hydrogen) atoms. The molecule has 0 radical (unpaired) electrons. The Hall–Kier alpha value is -1.80. The Morgan fingerprint density at radius 3 is 2.32 bits per heavy atom. The molecule has 0 fully saturated rings. The monoisotopic (exact) mass is 254 g/mol. The van der Waals surface area contributed by atoms with E-state index in [9.17, 15) is 0 Å². The molecular weight excluding hydrogens is 232 g/mol. The third-order valence-corrected chi connectivity index (χ3v) is 3.27. The number of benzene rings is 2. The maximum absolute atomic E-state index is 5.67. The zero-order valence-electron chi connectivity index (χ0n) is 11.5. The van der Waals surface area contributed by atoms with Gasteiger partial charge in [0.05, 0.1) is 0 Å². The molecule has 0 spiro atoms. The molecule has 2 heteroatoms. The van der Waals surface area contributed by atoms with E-state index in [1.54, 1.807) is 0 Å². The van der Waals surface area contributed by atoms with Gasteiger partial charge in [-0.2, -0.15) is 0 Å². The molecule has 0 aliphatic rings. The van der Waals surface area contributed by atoms with Gasteiger partial charge in [0.25, 0.3) is 0 Å². The molecule has 0 unspecified atom stereocenters. The summed E-state index contributed by atoms with van der Waals surface area (Å²) in [6.45, 7) is 3.23. The van der Waals surface area contributed by atoms with E-state index in [1.807, 2.05) is 12.1 Å². The molecule has 0 bridgehead atoms. The molecule has 0 aromatic heterocycles. The summed E-state index contributed by atoms with van der Waals surface area (Å²) in [5.41, 5.74) is 9.21. The van der Waals surface area contributed by atoms with Crippen LogP contribution in [0.5, 0.6) is 0 Å². The summed E-state index contributed by atoms with van der Waals surface area (Å²) in [5.74, 6) is 0. The molecule has 2 rings (SSSR count). The zero-order valence-corrected chi connectivity index (χ0v) is 11.5. The van der Waals surface area contributed by atoms with Gasteiger partial charge in [-0.25, -0.2) is 0 Å². The maximum atomic E-state index is 5.67. The van der Waals surface area contributed by atoms with Crippen LogP contribution < -0.4 is 11.1 Å². The number of nitrogens with one attached hydrogen (secondary N) is 1. The molecule has 2 nitrogen and oxygen atoms in total. The van der Waals surface area contributed by atoms with Crippen molar-refractivity contribution >= 4 is 5.69 Å². The summed E-state index contributed by atoms with van der Waals surface area (Å²) in [5, 5.41) is 3.56. The largest absolute Gasteiger partial charge is 0.399 e. The quantitative estimate of drug-likeness (QED) is 0.778. The van der Waals surface area contributed by atoms with Crippen LogP contribution in [0.2, 0.25) is 0 Å². The number of rotatable bonds is 6. The van der Waals surface area contributed by atoms with Crippen molar-refractivity contribution in [1.82, 2.24) is 5.32 Å². The number of nitrogen functional groups attached to an aromatic ring is 1. The molecule has 0 aliphatic heterocycles. The highest BCUT2D eigenvalue weighted by molar-refractivity contribution is 5.39. The Morgan fingerprint density at radius 2 is 1.63 bits per heavy atom. The minimum absolute atomic E-state index is 0.496. The van der Waals surface area contributed by atoms with Crippen LogP contribution in [-0.2, 0) is 12.8 Å². The summed E-state index contributed by atoms with van der Waals surface area (Å²) in [6, 6.07) is 19.2.